The van der Waals surface area contributed by atoms with Crippen LogP contribution < -0.4 is 16.4 Å². The van der Waals surface area contributed by atoms with Gasteiger partial charge in [0.2, 0.25) is 5.91 Å². The van der Waals surface area contributed by atoms with Gasteiger partial charge in [0, 0.05) is 36.1 Å². The van der Waals surface area contributed by atoms with Gasteiger partial charge in [0.25, 0.3) is 5.91 Å². The van der Waals surface area contributed by atoms with Gasteiger partial charge in [-0.15, -0.1) is 0 Å². The van der Waals surface area contributed by atoms with E-state index in [1.165, 1.54) is 11.1 Å². The maximum atomic E-state index is 12.6. The molecule has 1 heterocycles. The van der Waals surface area contributed by atoms with E-state index < -0.39 is 6.04 Å². The van der Waals surface area contributed by atoms with Gasteiger partial charge in [0.1, 0.15) is 0 Å². The maximum Gasteiger partial charge on any atom is 0.255 e. The molecule has 6 heteroatoms. The van der Waals surface area contributed by atoms with Crippen molar-refractivity contribution >= 4 is 17.5 Å². The van der Waals surface area contributed by atoms with Crippen molar-refractivity contribution in [2.24, 2.45) is 5.73 Å². The highest BCUT2D eigenvalue weighted by Crippen LogP contribution is 2.29. The standard InChI is InChI=1S/C25H26N4O2/c26-22(16-24(30)29-23-7-3-5-17-4-1-2-6-21(17)23)18-8-10-19(11-9-18)25(31)28-20-12-14-27-15-13-20/h1-2,4,6,8-15,22-23H,3,5,7,16,26H2,(H,29,30)(H,27,28,31)/t22-,23-/m0/s1. The van der Waals surface area contributed by atoms with E-state index in [1.54, 1.807) is 48.8 Å². The molecule has 2 amide bonds. The van der Waals surface area contributed by atoms with Gasteiger partial charge in [-0.05, 0) is 60.2 Å². The number of aromatic nitrogens is 1. The minimum Gasteiger partial charge on any atom is -0.349 e. The summed E-state index contributed by atoms with van der Waals surface area (Å²) < 4.78 is 0. The molecule has 2 aromatic carbocycles. The van der Waals surface area contributed by atoms with Crippen LogP contribution in [0.25, 0.3) is 0 Å². The average Bonchev–Trinajstić information content (AvgIpc) is 2.80. The minimum atomic E-state index is -0.434. The molecule has 1 aromatic heterocycles. The predicted octanol–water partition coefficient (Wildman–Crippen LogP) is 3.92. The molecule has 0 bridgehead atoms. The number of carbonyl (C=O) groups is 2. The van der Waals surface area contributed by atoms with Crippen molar-refractivity contribution in [3.05, 3.63) is 95.3 Å². The number of hydrogen-bond donors (Lipinski definition) is 3. The van der Waals surface area contributed by atoms with E-state index >= 15 is 0 Å². The fourth-order valence-corrected chi connectivity index (χ4v) is 3.99. The Morgan fingerprint density at radius 1 is 1.03 bits per heavy atom. The Balaban J connectivity index is 1.34. The minimum absolute atomic E-state index is 0.0453. The average molecular weight is 415 g/mol. The molecule has 158 valence electrons. The molecule has 4 rings (SSSR count). The number of anilines is 1. The van der Waals surface area contributed by atoms with Crippen molar-refractivity contribution in [2.75, 3.05) is 5.32 Å². The van der Waals surface area contributed by atoms with Gasteiger partial charge in [-0.3, -0.25) is 14.6 Å². The SMILES string of the molecule is N[C@@H](CC(=O)N[C@H]1CCCc2ccccc21)c1ccc(C(=O)Nc2ccncc2)cc1. The molecule has 3 aromatic rings. The van der Waals surface area contributed by atoms with Crippen LogP contribution in [0, 0.1) is 0 Å². The Bertz CT molecular complexity index is 1050. The molecule has 31 heavy (non-hydrogen) atoms. The zero-order chi connectivity index (χ0) is 21.6. The molecule has 0 spiro atoms. The Morgan fingerprint density at radius 3 is 2.55 bits per heavy atom. The second-order valence-electron chi connectivity index (χ2n) is 7.83. The Kier molecular flexibility index (Phi) is 6.38. The normalized spacial score (nSPS) is 16.1. The fourth-order valence-electron chi connectivity index (χ4n) is 3.99. The van der Waals surface area contributed by atoms with E-state index in [4.69, 9.17) is 5.73 Å². The van der Waals surface area contributed by atoms with Crippen LogP contribution in [0.2, 0.25) is 0 Å². The van der Waals surface area contributed by atoms with E-state index in [2.05, 4.69) is 27.8 Å². The van der Waals surface area contributed by atoms with Crippen molar-refractivity contribution in [3.63, 3.8) is 0 Å². The maximum absolute atomic E-state index is 12.6. The van der Waals surface area contributed by atoms with Crippen LogP contribution in [0.4, 0.5) is 5.69 Å². The molecular weight excluding hydrogens is 388 g/mol. The molecular formula is C25H26N4O2. The van der Waals surface area contributed by atoms with Crippen molar-refractivity contribution in [1.29, 1.82) is 0 Å². The first-order chi connectivity index (χ1) is 15.1. The summed E-state index contributed by atoms with van der Waals surface area (Å²) in [5.74, 6) is -0.270. The third-order valence-corrected chi connectivity index (χ3v) is 5.65. The highest BCUT2D eigenvalue weighted by atomic mass is 16.2. The number of hydrogen-bond acceptors (Lipinski definition) is 4. The van der Waals surface area contributed by atoms with Gasteiger partial charge in [-0.2, -0.15) is 0 Å². The Labute approximate surface area is 181 Å². The first-order valence-corrected chi connectivity index (χ1v) is 10.5. The molecule has 6 nitrogen and oxygen atoms in total. The van der Waals surface area contributed by atoms with Gasteiger partial charge in [0.05, 0.1) is 6.04 Å². The number of aryl methyl sites for hydroxylation is 1. The van der Waals surface area contributed by atoms with Crippen molar-refractivity contribution in [1.82, 2.24) is 10.3 Å². The zero-order valence-electron chi connectivity index (χ0n) is 17.3. The van der Waals surface area contributed by atoms with Gasteiger partial charge >= 0.3 is 0 Å². The van der Waals surface area contributed by atoms with Crippen LogP contribution in [-0.2, 0) is 11.2 Å². The largest absolute Gasteiger partial charge is 0.349 e. The van der Waals surface area contributed by atoms with Crippen molar-refractivity contribution < 1.29 is 9.59 Å². The summed E-state index contributed by atoms with van der Waals surface area (Å²) in [7, 11) is 0. The van der Waals surface area contributed by atoms with Crippen LogP contribution in [0.5, 0.6) is 0 Å². The lowest BCUT2D eigenvalue weighted by Crippen LogP contribution is -2.33. The van der Waals surface area contributed by atoms with E-state index in [1.807, 2.05) is 12.1 Å². The number of fused-ring (bicyclic) bond motifs is 1. The number of nitrogens with one attached hydrogen (secondary N) is 2. The summed E-state index contributed by atoms with van der Waals surface area (Å²) in [5.41, 5.74) is 10.8. The molecule has 4 N–H and O–H groups in total. The molecule has 1 aliphatic rings. The molecule has 0 aliphatic heterocycles. The third kappa shape index (κ3) is 5.16. The Morgan fingerprint density at radius 2 is 1.77 bits per heavy atom. The van der Waals surface area contributed by atoms with E-state index in [-0.39, 0.29) is 24.3 Å². The van der Waals surface area contributed by atoms with Crippen LogP contribution in [-0.4, -0.2) is 16.8 Å². The van der Waals surface area contributed by atoms with Crippen LogP contribution in [0.3, 0.4) is 0 Å². The third-order valence-electron chi connectivity index (χ3n) is 5.65. The molecule has 0 saturated heterocycles. The summed E-state index contributed by atoms with van der Waals surface area (Å²) >= 11 is 0. The summed E-state index contributed by atoms with van der Waals surface area (Å²) in [5, 5.41) is 5.96. The number of nitrogens with zero attached hydrogens (tertiary/aromatic N) is 1. The number of amides is 2. The van der Waals surface area contributed by atoms with Crippen molar-refractivity contribution in [2.45, 2.75) is 37.8 Å². The molecule has 0 saturated carbocycles. The lowest BCUT2D eigenvalue weighted by Gasteiger charge is -2.27. The number of carbonyl (C=O) groups excluding carboxylic acids is 2. The summed E-state index contributed by atoms with van der Waals surface area (Å²) in [6.45, 7) is 0. The molecule has 2 atom stereocenters. The smallest absolute Gasteiger partial charge is 0.255 e. The zero-order valence-corrected chi connectivity index (χ0v) is 17.3. The van der Waals surface area contributed by atoms with Crippen LogP contribution in [0.1, 0.15) is 58.4 Å². The lowest BCUT2D eigenvalue weighted by molar-refractivity contribution is -0.122. The monoisotopic (exact) mass is 414 g/mol. The summed E-state index contributed by atoms with van der Waals surface area (Å²) in [6.07, 6.45) is 6.50. The lowest BCUT2D eigenvalue weighted by atomic mass is 9.87. The predicted molar refractivity (Wildman–Crippen MR) is 120 cm³/mol. The van der Waals surface area contributed by atoms with Gasteiger partial charge in [-0.25, -0.2) is 0 Å². The number of nitrogens with two attached hydrogens (primary N) is 1. The highest BCUT2D eigenvalue weighted by Gasteiger charge is 2.22. The molecule has 0 fully saturated rings. The summed E-state index contributed by atoms with van der Waals surface area (Å²) in [6, 6.07) is 18.4. The van der Waals surface area contributed by atoms with Crippen molar-refractivity contribution in [3.8, 4) is 0 Å². The van der Waals surface area contributed by atoms with Gasteiger partial charge in [0.15, 0.2) is 0 Å². The van der Waals surface area contributed by atoms with Crippen LogP contribution >= 0.6 is 0 Å². The fraction of sp³-hybridized carbons (Fsp3) is 0.240. The van der Waals surface area contributed by atoms with E-state index in [0.29, 0.717) is 11.3 Å². The van der Waals surface area contributed by atoms with E-state index in [9.17, 15) is 9.59 Å². The second-order valence-corrected chi connectivity index (χ2v) is 7.83. The molecule has 1 aliphatic carbocycles. The molecule has 0 unspecified atom stereocenters. The number of pyridine rings is 1. The van der Waals surface area contributed by atoms with E-state index in [0.717, 1.165) is 24.8 Å². The first kappa shape index (κ1) is 20.8. The quantitative estimate of drug-likeness (QED) is 0.569. The number of rotatable bonds is 6. The topological polar surface area (TPSA) is 97.1 Å². The highest BCUT2D eigenvalue weighted by molar-refractivity contribution is 6.04. The number of benzene rings is 2. The summed E-state index contributed by atoms with van der Waals surface area (Å²) in [4.78, 5) is 28.9. The first-order valence-electron chi connectivity index (χ1n) is 10.5. The second kappa shape index (κ2) is 9.53. The van der Waals surface area contributed by atoms with Crippen LogP contribution in [0.15, 0.2) is 73.1 Å². The molecule has 0 radical (unpaired) electrons. The van der Waals surface area contributed by atoms with Gasteiger partial charge in [-0.1, -0.05) is 36.4 Å². The Hall–Kier alpha value is -3.51. The van der Waals surface area contributed by atoms with Gasteiger partial charge < -0.3 is 16.4 Å².